The number of carboxylic acids is 1. The second-order valence-electron chi connectivity index (χ2n) is 6.04. The molecule has 0 unspecified atom stereocenters. The highest BCUT2D eigenvalue weighted by Gasteiger charge is 2.11. The summed E-state index contributed by atoms with van der Waals surface area (Å²) < 4.78 is 5.59. The van der Waals surface area contributed by atoms with Crippen LogP contribution < -0.4 is 10.7 Å². The minimum Gasteiger partial charge on any atom is -0.478 e. The fraction of sp³-hybridized carbons (Fsp3) is 0.0476. The van der Waals surface area contributed by atoms with E-state index in [0.717, 1.165) is 0 Å². The number of rotatable bonds is 7. The fourth-order valence-corrected chi connectivity index (χ4v) is 2.74. The number of hydrazone groups is 1. The van der Waals surface area contributed by atoms with Crippen LogP contribution in [0.3, 0.4) is 0 Å². The summed E-state index contributed by atoms with van der Waals surface area (Å²) >= 11 is 5.96. The molecule has 0 atom stereocenters. The lowest BCUT2D eigenvalue weighted by molar-refractivity contribution is -0.120. The molecule has 9 heteroatoms. The molecule has 0 saturated carbocycles. The van der Waals surface area contributed by atoms with Crippen LogP contribution in [0.4, 0.5) is 0 Å². The number of nitrogens with one attached hydrogen (secondary N) is 2. The van der Waals surface area contributed by atoms with Crippen LogP contribution in [0.5, 0.6) is 0 Å². The third-order valence-electron chi connectivity index (χ3n) is 3.94. The van der Waals surface area contributed by atoms with Crippen molar-refractivity contribution in [3.05, 3.63) is 82.6 Å². The summed E-state index contributed by atoms with van der Waals surface area (Å²) in [4.78, 5) is 34.7. The topological polar surface area (TPSA) is 121 Å². The number of benzene rings is 2. The van der Waals surface area contributed by atoms with Gasteiger partial charge in [-0.05, 0) is 36.4 Å². The Balaban J connectivity index is 1.53. The zero-order valence-electron chi connectivity index (χ0n) is 15.5. The van der Waals surface area contributed by atoms with Gasteiger partial charge < -0.3 is 14.8 Å². The molecular weight excluding hydrogens is 410 g/mol. The number of furan rings is 1. The minimum absolute atomic E-state index is 0.00386. The van der Waals surface area contributed by atoms with Gasteiger partial charge in [0, 0.05) is 11.1 Å². The Kier molecular flexibility index (Phi) is 6.61. The van der Waals surface area contributed by atoms with Crippen molar-refractivity contribution in [3.63, 3.8) is 0 Å². The van der Waals surface area contributed by atoms with E-state index in [1.54, 1.807) is 48.5 Å². The van der Waals surface area contributed by atoms with E-state index in [0.29, 0.717) is 22.6 Å². The van der Waals surface area contributed by atoms with Crippen LogP contribution in [0, 0.1) is 0 Å². The summed E-state index contributed by atoms with van der Waals surface area (Å²) in [6.07, 6.45) is 1.30. The summed E-state index contributed by atoms with van der Waals surface area (Å²) in [7, 11) is 0. The Morgan fingerprint density at radius 3 is 2.53 bits per heavy atom. The number of aromatic carboxylic acids is 1. The van der Waals surface area contributed by atoms with Gasteiger partial charge >= 0.3 is 5.97 Å². The van der Waals surface area contributed by atoms with E-state index in [-0.39, 0.29) is 23.0 Å². The maximum Gasteiger partial charge on any atom is 0.337 e. The Hall–Kier alpha value is -3.91. The largest absolute Gasteiger partial charge is 0.478 e. The monoisotopic (exact) mass is 425 g/mol. The van der Waals surface area contributed by atoms with Gasteiger partial charge in [0.1, 0.15) is 11.5 Å². The normalized spacial score (nSPS) is 10.7. The van der Waals surface area contributed by atoms with Gasteiger partial charge in [-0.25, -0.2) is 10.2 Å². The van der Waals surface area contributed by atoms with Crippen LogP contribution in [0.1, 0.15) is 26.5 Å². The number of halogens is 1. The molecule has 1 heterocycles. The van der Waals surface area contributed by atoms with Gasteiger partial charge in [-0.3, -0.25) is 9.59 Å². The molecule has 30 heavy (non-hydrogen) atoms. The zero-order chi connectivity index (χ0) is 21.5. The molecule has 3 N–H and O–H groups in total. The molecule has 1 aromatic heterocycles. The zero-order valence-corrected chi connectivity index (χ0v) is 16.2. The average molecular weight is 426 g/mol. The first-order valence-corrected chi connectivity index (χ1v) is 9.10. The lowest BCUT2D eigenvalue weighted by atomic mass is 10.1. The van der Waals surface area contributed by atoms with Gasteiger partial charge in [-0.2, -0.15) is 5.10 Å². The highest BCUT2D eigenvalue weighted by Crippen LogP contribution is 2.27. The number of carboxylic acid groups (broad SMARTS) is 1. The van der Waals surface area contributed by atoms with E-state index in [1.807, 2.05) is 0 Å². The van der Waals surface area contributed by atoms with Gasteiger partial charge in [0.15, 0.2) is 0 Å². The van der Waals surface area contributed by atoms with Crippen LogP contribution in [0.15, 0.2) is 70.2 Å². The van der Waals surface area contributed by atoms with Crippen molar-refractivity contribution in [2.75, 3.05) is 6.54 Å². The molecule has 0 bridgehead atoms. The first kappa shape index (κ1) is 20.8. The van der Waals surface area contributed by atoms with Gasteiger partial charge in [-0.15, -0.1) is 0 Å². The third kappa shape index (κ3) is 5.33. The lowest BCUT2D eigenvalue weighted by Crippen LogP contribution is -2.34. The first-order chi connectivity index (χ1) is 14.4. The van der Waals surface area contributed by atoms with E-state index < -0.39 is 11.9 Å². The van der Waals surface area contributed by atoms with Gasteiger partial charge in [-0.1, -0.05) is 35.9 Å². The molecule has 2 amide bonds. The predicted molar refractivity (Wildman–Crippen MR) is 111 cm³/mol. The van der Waals surface area contributed by atoms with Gasteiger partial charge in [0.2, 0.25) is 0 Å². The second-order valence-corrected chi connectivity index (χ2v) is 6.45. The summed E-state index contributed by atoms with van der Waals surface area (Å²) in [6, 6.07) is 16.3. The Labute approximate surface area is 176 Å². The number of carbonyl (C=O) groups excluding carboxylic acids is 2. The number of hydrogen-bond acceptors (Lipinski definition) is 5. The molecule has 0 spiro atoms. The molecule has 0 aliphatic heterocycles. The molecule has 0 radical (unpaired) electrons. The predicted octanol–water partition coefficient (Wildman–Crippen LogP) is 3.18. The molecule has 8 nitrogen and oxygen atoms in total. The number of nitrogens with zero attached hydrogens (tertiary/aromatic N) is 1. The Morgan fingerprint density at radius 1 is 1.07 bits per heavy atom. The van der Waals surface area contributed by atoms with Crippen LogP contribution >= 0.6 is 11.6 Å². The van der Waals surface area contributed by atoms with E-state index in [9.17, 15) is 14.4 Å². The summed E-state index contributed by atoms with van der Waals surface area (Å²) in [5, 5.41) is 15.4. The molecule has 3 aromatic rings. The van der Waals surface area contributed by atoms with E-state index >= 15 is 0 Å². The van der Waals surface area contributed by atoms with Crippen molar-refractivity contribution in [3.8, 4) is 11.3 Å². The molecule has 0 fully saturated rings. The van der Waals surface area contributed by atoms with Crippen LogP contribution in [0.2, 0.25) is 5.02 Å². The summed E-state index contributed by atoms with van der Waals surface area (Å²) in [5.41, 5.74) is 3.33. The quantitative estimate of drug-likeness (QED) is 0.396. The van der Waals surface area contributed by atoms with Gasteiger partial charge in [0.05, 0.1) is 23.3 Å². The summed E-state index contributed by atoms with van der Waals surface area (Å²) in [5.74, 6) is -1.17. The summed E-state index contributed by atoms with van der Waals surface area (Å²) in [6.45, 7) is -0.233. The van der Waals surface area contributed by atoms with Crippen molar-refractivity contribution in [1.82, 2.24) is 10.7 Å². The molecule has 3 rings (SSSR count). The average Bonchev–Trinajstić information content (AvgIpc) is 3.21. The minimum atomic E-state index is -1.12. The highest BCUT2D eigenvalue weighted by atomic mass is 35.5. The second kappa shape index (κ2) is 9.53. The van der Waals surface area contributed by atoms with Crippen LogP contribution in [-0.2, 0) is 4.79 Å². The highest BCUT2D eigenvalue weighted by molar-refractivity contribution is 6.33. The fourth-order valence-electron chi connectivity index (χ4n) is 2.48. The maximum atomic E-state index is 11.9. The van der Waals surface area contributed by atoms with Gasteiger partial charge in [0.25, 0.3) is 11.8 Å². The number of hydrogen-bond donors (Lipinski definition) is 3. The first-order valence-electron chi connectivity index (χ1n) is 8.72. The standard InChI is InChI=1S/C21H16ClN3O5/c22-17-10-14(6-8-16(17)21(28)29)18-9-7-15(30-18)11-24-25-19(26)12-23-20(27)13-4-2-1-3-5-13/h1-11H,12H2,(H,23,27)(H,25,26)(H,28,29)/b24-11-. The molecule has 0 aliphatic rings. The smallest absolute Gasteiger partial charge is 0.337 e. The molecule has 152 valence electrons. The van der Waals surface area contributed by atoms with Crippen LogP contribution in [-0.4, -0.2) is 35.6 Å². The van der Waals surface area contributed by atoms with Crippen molar-refractivity contribution in [2.24, 2.45) is 5.10 Å². The molecular formula is C21H16ClN3O5. The lowest BCUT2D eigenvalue weighted by Gasteiger charge is -2.03. The third-order valence-corrected chi connectivity index (χ3v) is 4.25. The number of amides is 2. The molecule has 0 aliphatic carbocycles. The Morgan fingerprint density at radius 2 is 1.83 bits per heavy atom. The van der Waals surface area contributed by atoms with Crippen molar-refractivity contribution < 1.29 is 23.9 Å². The van der Waals surface area contributed by atoms with E-state index in [4.69, 9.17) is 21.1 Å². The van der Waals surface area contributed by atoms with Crippen LogP contribution in [0.25, 0.3) is 11.3 Å². The maximum absolute atomic E-state index is 11.9. The van der Waals surface area contributed by atoms with Crippen molar-refractivity contribution in [1.29, 1.82) is 0 Å². The van der Waals surface area contributed by atoms with E-state index in [1.165, 1.54) is 18.3 Å². The number of carbonyl (C=O) groups is 3. The molecule has 2 aromatic carbocycles. The molecule has 0 saturated heterocycles. The van der Waals surface area contributed by atoms with E-state index in [2.05, 4.69) is 15.8 Å². The SMILES string of the molecule is O=C(CNC(=O)c1ccccc1)N/N=C\c1ccc(-c2ccc(C(=O)O)c(Cl)c2)o1. The van der Waals surface area contributed by atoms with Crippen molar-refractivity contribution >= 4 is 35.6 Å². The Bertz CT molecular complexity index is 1110. The van der Waals surface area contributed by atoms with Crippen molar-refractivity contribution in [2.45, 2.75) is 0 Å².